The zero-order valence-corrected chi connectivity index (χ0v) is 12.2. The number of benzene rings is 1. The fourth-order valence-corrected chi connectivity index (χ4v) is 2.74. The first-order valence-corrected chi connectivity index (χ1v) is 7.04. The minimum atomic E-state index is -4.24. The van der Waals surface area contributed by atoms with Crippen molar-refractivity contribution < 1.29 is 17.9 Å². The summed E-state index contributed by atoms with van der Waals surface area (Å²) in [6.07, 6.45) is -2.67. The van der Waals surface area contributed by atoms with Gasteiger partial charge in [-0.15, -0.1) is 0 Å². The van der Waals surface area contributed by atoms with E-state index >= 15 is 0 Å². The Labute approximate surface area is 122 Å². The summed E-state index contributed by atoms with van der Waals surface area (Å²) >= 11 is 0. The molecule has 1 aliphatic carbocycles. The molecule has 1 aliphatic rings. The van der Waals surface area contributed by atoms with E-state index in [1.54, 1.807) is 31.2 Å². The second kappa shape index (κ2) is 6.23. The minimum Gasteiger partial charge on any atom is -0.496 e. The molecule has 2 rings (SSSR count). The Morgan fingerprint density at radius 1 is 1.33 bits per heavy atom. The molecule has 0 spiro atoms. The zero-order valence-electron chi connectivity index (χ0n) is 12.2. The third-order valence-electron chi connectivity index (χ3n) is 3.69. The van der Waals surface area contributed by atoms with Gasteiger partial charge in [0.05, 0.1) is 19.7 Å². The summed E-state index contributed by atoms with van der Waals surface area (Å²) in [6, 6.07) is 6.16. The molecular formula is C15H21F3N2O. The molecule has 2 unspecified atom stereocenters. The number of nitrogens with two attached hydrogens (primary N) is 1. The number of ether oxygens (including phenoxy) is 1. The Bertz CT molecular complexity index is 472. The van der Waals surface area contributed by atoms with Gasteiger partial charge in [-0.2, -0.15) is 13.2 Å². The van der Waals surface area contributed by atoms with Gasteiger partial charge in [-0.1, -0.05) is 18.2 Å². The molecule has 3 nitrogen and oxygen atoms in total. The van der Waals surface area contributed by atoms with Crippen LogP contribution in [-0.4, -0.2) is 36.8 Å². The smallest absolute Gasteiger partial charge is 0.401 e. The van der Waals surface area contributed by atoms with Crippen LogP contribution in [0.5, 0.6) is 5.75 Å². The maximum atomic E-state index is 12.9. The number of halogens is 3. The Kier molecular flexibility index (Phi) is 4.78. The van der Waals surface area contributed by atoms with Gasteiger partial charge in [-0.05, 0) is 25.8 Å². The molecule has 0 bridgehead atoms. The lowest BCUT2D eigenvalue weighted by molar-refractivity contribution is -0.153. The molecule has 21 heavy (non-hydrogen) atoms. The van der Waals surface area contributed by atoms with E-state index in [0.29, 0.717) is 11.3 Å². The molecule has 1 aromatic carbocycles. The summed E-state index contributed by atoms with van der Waals surface area (Å²) in [7, 11) is 1.52. The zero-order chi connectivity index (χ0) is 15.6. The van der Waals surface area contributed by atoms with E-state index in [2.05, 4.69) is 0 Å². The second-order valence-electron chi connectivity index (χ2n) is 5.56. The van der Waals surface area contributed by atoms with Gasteiger partial charge >= 0.3 is 6.18 Å². The van der Waals surface area contributed by atoms with E-state index < -0.39 is 24.8 Å². The van der Waals surface area contributed by atoms with E-state index in [4.69, 9.17) is 10.5 Å². The Morgan fingerprint density at radius 3 is 2.43 bits per heavy atom. The standard InChI is InChI=1S/C15H21F3N2O/c1-10(19)14(12-5-3-4-6-13(12)21-2)20(11-7-8-11)9-15(16,17)18/h3-6,10-11,14H,7-9,19H2,1-2H3. The predicted octanol–water partition coefficient (Wildman–Crippen LogP) is 3.11. The predicted molar refractivity (Wildman–Crippen MR) is 75.2 cm³/mol. The largest absolute Gasteiger partial charge is 0.496 e. The normalized spacial score (nSPS) is 18.6. The van der Waals surface area contributed by atoms with Gasteiger partial charge in [0.25, 0.3) is 0 Å². The van der Waals surface area contributed by atoms with Crippen molar-refractivity contribution in [1.82, 2.24) is 4.90 Å². The van der Waals surface area contributed by atoms with Crippen molar-refractivity contribution in [3.05, 3.63) is 29.8 Å². The highest BCUT2D eigenvalue weighted by Crippen LogP contribution is 2.40. The molecule has 1 saturated carbocycles. The second-order valence-corrected chi connectivity index (χ2v) is 5.56. The molecule has 0 heterocycles. The molecule has 2 atom stereocenters. The molecule has 0 aromatic heterocycles. The fourth-order valence-electron chi connectivity index (χ4n) is 2.74. The monoisotopic (exact) mass is 302 g/mol. The lowest BCUT2D eigenvalue weighted by Crippen LogP contribution is -2.45. The number of hydrogen-bond donors (Lipinski definition) is 1. The molecule has 2 N–H and O–H groups in total. The van der Waals surface area contributed by atoms with Crippen molar-refractivity contribution in [3.63, 3.8) is 0 Å². The van der Waals surface area contributed by atoms with Crippen LogP contribution in [0, 0.1) is 0 Å². The third-order valence-corrected chi connectivity index (χ3v) is 3.69. The van der Waals surface area contributed by atoms with Crippen LogP contribution in [0.3, 0.4) is 0 Å². The average Bonchev–Trinajstić information content (AvgIpc) is 3.21. The maximum absolute atomic E-state index is 12.9. The molecule has 0 saturated heterocycles. The molecule has 1 fully saturated rings. The maximum Gasteiger partial charge on any atom is 0.401 e. The van der Waals surface area contributed by atoms with Crippen LogP contribution < -0.4 is 10.5 Å². The molecular weight excluding hydrogens is 281 g/mol. The molecule has 118 valence electrons. The van der Waals surface area contributed by atoms with Gasteiger partial charge in [-0.3, -0.25) is 4.90 Å². The quantitative estimate of drug-likeness (QED) is 0.877. The van der Waals surface area contributed by atoms with Crippen LogP contribution in [-0.2, 0) is 0 Å². The van der Waals surface area contributed by atoms with Gasteiger partial charge in [0, 0.05) is 17.6 Å². The van der Waals surface area contributed by atoms with E-state index in [1.165, 1.54) is 12.0 Å². The van der Waals surface area contributed by atoms with Gasteiger partial charge < -0.3 is 10.5 Å². The third kappa shape index (κ3) is 4.11. The highest BCUT2D eigenvalue weighted by Gasteiger charge is 2.43. The van der Waals surface area contributed by atoms with Crippen molar-refractivity contribution in [2.45, 2.75) is 44.1 Å². The molecule has 0 aliphatic heterocycles. The highest BCUT2D eigenvalue weighted by atomic mass is 19.4. The Morgan fingerprint density at radius 2 is 1.95 bits per heavy atom. The lowest BCUT2D eigenvalue weighted by Gasteiger charge is -2.36. The topological polar surface area (TPSA) is 38.5 Å². The summed E-state index contributed by atoms with van der Waals surface area (Å²) in [4.78, 5) is 1.47. The summed E-state index contributed by atoms with van der Waals surface area (Å²) < 4.78 is 44.0. The molecule has 6 heteroatoms. The van der Waals surface area contributed by atoms with E-state index in [0.717, 1.165) is 12.8 Å². The van der Waals surface area contributed by atoms with Crippen LogP contribution >= 0.6 is 0 Å². The van der Waals surface area contributed by atoms with Crippen LogP contribution in [0.1, 0.15) is 31.4 Å². The summed E-state index contributed by atoms with van der Waals surface area (Å²) in [5, 5.41) is 0. The first kappa shape index (κ1) is 16.1. The summed E-state index contributed by atoms with van der Waals surface area (Å²) in [5.41, 5.74) is 6.73. The number of rotatable bonds is 6. The van der Waals surface area contributed by atoms with Gasteiger partial charge in [0.1, 0.15) is 5.75 Å². The minimum absolute atomic E-state index is 0.0486. The van der Waals surface area contributed by atoms with Crippen molar-refractivity contribution in [2.24, 2.45) is 5.73 Å². The fraction of sp³-hybridized carbons (Fsp3) is 0.600. The van der Waals surface area contributed by atoms with Gasteiger partial charge in [-0.25, -0.2) is 0 Å². The molecule has 1 aromatic rings. The lowest BCUT2D eigenvalue weighted by atomic mass is 9.97. The first-order chi connectivity index (χ1) is 9.83. The van der Waals surface area contributed by atoms with E-state index in [-0.39, 0.29) is 6.04 Å². The van der Waals surface area contributed by atoms with Crippen molar-refractivity contribution in [1.29, 1.82) is 0 Å². The van der Waals surface area contributed by atoms with Gasteiger partial charge in [0.2, 0.25) is 0 Å². The van der Waals surface area contributed by atoms with Gasteiger partial charge in [0.15, 0.2) is 0 Å². The highest BCUT2D eigenvalue weighted by molar-refractivity contribution is 5.37. The van der Waals surface area contributed by atoms with Crippen LogP contribution in [0.15, 0.2) is 24.3 Å². The summed E-state index contributed by atoms with van der Waals surface area (Å²) in [5.74, 6) is 0.577. The molecule has 0 amide bonds. The van der Waals surface area contributed by atoms with Crippen LogP contribution in [0.2, 0.25) is 0 Å². The Balaban J connectivity index is 2.36. The van der Waals surface area contributed by atoms with Crippen molar-refractivity contribution in [2.75, 3.05) is 13.7 Å². The Hall–Kier alpha value is -1.27. The summed E-state index contributed by atoms with van der Waals surface area (Å²) in [6.45, 7) is 0.796. The van der Waals surface area contributed by atoms with Crippen LogP contribution in [0.4, 0.5) is 13.2 Å². The number of alkyl halides is 3. The number of para-hydroxylation sites is 1. The van der Waals surface area contributed by atoms with Crippen LogP contribution in [0.25, 0.3) is 0 Å². The van der Waals surface area contributed by atoms with Crippen molar-refractivity contribution in [3.8, 4) is 5.75 Å². The van der Waals surface area contributed by atoms with E-state index in [1.807, 2.05) is 0 Å². The number of hydrogen-bond acceptors (Lipinski definition) is 3. The molecule has 0 radical (unpaired) electrons. The van der Waals surface area contributed by atoms with E-state index in [9.17, 15) is 13.2 Å². The average molecular weight is 302 g/mol. The number of nitrogens with zero attached hydrogens (tertiary/aromatic N) is 1. The van der Waals surface area contributed by atoms with Crippen molar-refractivity contribution >= 4 is 0 Å². The first-order valence-electron chi connectivity index (χ1n) is 7.04. The SMILES string of the molecule is COc1ccccc1C(C(C)N)N(CC(F)(F)F)C1CC1. The number of methoxy groups -OCH3 is 1.